The van der Waals surface area contributed by atoms with Gasteiger partial charge in [-0.15, -0.1) is 3.89 Å². The van der Waals surface area contributed by atoms with Gasteiger partial charge in [-0.1, -0.05) is 6.07 Å². The van der Waals surface area contributed by atoms with E-state index in [0.717, 1.165) is 11.0 Å². The monoisotopic (exact) mass is 291 g/mol. The molecule has 1 aliphatic rings. The molecule has 1 amide bonds. The maximum Gasteiger partial charge on any atom is 0.307 e. The molecule has 0 N–H and O–H groups in total. The second-order valence-corrected chi connectivity index (χ2v) is 5.71. The largest absolute Gasteiger partial charge is 0.494 e. The summed E-state index contributed by atoms with van der Waals surface area (Å²) in [5.41, 5.74) is -0.166. The van der Waals surface area contributed by atoms with Crippen molar-refractivity contribution in [3.63, 3.8) is 0 Å². The topological polar surface area (TPSA) is 63.7 Å². The van der Waals surface area contributed by atoms with Gasteiger partial charge in [0.2, 0.25) is 5.91 Å². The Morgan fingerprint density at radius 3 is 2.63 bits per heavy atom. The lowest BCUT2D eigenvalue weighted by molar-refractivity contribution is -0.117. The third-order valence-electron chi connectivity index (χ3n) is 2.93. The number of carbonyl (C=O) groups is 1. The van der Waals surface area contributed by atoms with Crippen molar-refractivity contribution in [3.8, 4) is 5.75 Å². The third-order valence-corrected chi connectivity index (χ3v) is 4.04. The van der Waals surface area contributed by atoms with Crippen molar-refractivity contribution in [2.45, 2.75) is 11.7 Å². The number of para-hydroxylation sites is 1. The number of hydrogen-bond acceptors (Lipinski definition) is 4. The van der Waals surface area contributed by atoms with E-state index in [1.807, 2.05) is 0 Å². The number of ether oxygens (including phenoxy) is 1. The fourth-order valence-electron chi connectivity index (χ4n) is 2.00. The van der Waals surface area contributed by atoms with Gasteiger partial charge in [0.15, 0.2) is 5.82 Å². The van der Waals surface area contributed by atoms with E-state index in [0.29, 0.717) is 0 Å². The number of benzene rings is 1. The first-order chi connectivity index (χ1) is 8.84. The standard InChI is InChI=1S/C11H11F2NO4S/c1-18-9-4-2-3-8(12)11(9)14-6-7(5-10(14)15)19(13,16)17/h2-4,7H,5-6H2,1H3. The minimum atomic E-state index is -4.83. The van der Waals surface area contributed by atoms with Crippen LogP contribution in [-0.4, -0.2) is 33.2 Å². The van der Waals surface area contributed by atoms with E-state index in [4.69, 9.17) is 4.74 Å². The highest BCUT2D eigenvalue weighted by atomic mass is 32.3. The van der Waals surface area contributed by atoms with Gasteiger partial charge in [0.25, 0.3) is 0 Å². The first-order valence-electron chi connectivity index (χ1n) is 5.41. The van der Waals surface area contributed by atoms with Crippen molar-refractivity contribution in [2.24, 2.45) is 0 Å². The van der Waals surface area contributed by atoms with E-state index in [2.05, 4.69) is 0 Å². The molecule has 1 aromatic rings. The highest BCUT2D eigenvalue weighted by Crippen LogP contribution is 2.35. The molecular formula is C11H11F2NO4S. The van der Waals surface area contributed by atoms with E-state index in [9.17, 15) is 21.5 Å². The quantitative estimate of drug-likeness (QED) is 0.786. The zero-order chi connectivity index (χ0) is 14.2. The number of hydrogen-bond donors (Lipinski definition) is 0. The highest BCUT2D eigenvalue weighted by molar-refractivity contribution is 7.87. The lowest BCUT2D eigenvalue weighted by atomic mass is 10.2. The fourth-order valence-corrected chi connectivity index (χ4v) is 2.67. The van der Waals surface area contributed by atoms with Gasteiger partial charge in [-0.2, -0.15) is 8.42 Å². The van der Waals surface area contributed by atoms with E-state index in [1.54, 1.807) is 0 Å². The zero-order valence-electron chi connectivity index (χ0n) is 9.97. The maximum atomic E-state index is 13.8. The van der Waals surface area contributed by atoms with E-state index >= 15 is 0 Å². The average molecular weight is 291 g/mol. The molecule has 1 fully saturated rings. The molecule has 2 rings (SSSR count). The van der Waals surface area contributed by atoms with Crippen LogP contribution in [0.25, 0.3) is 0 Å². The number of halogens is 2. The molecule has 19 heavy (non-hydrogen) atoms. The van der Waals surface area contributed by atoms with Gasteiger partial charge < -0.3 is 9.64 Å². The molecule has 8 heteroatoms. The molecule has 5 nitrogen and oxygen atoms in total. The molecule has 0 bridgehead atoms. The Morgan fingerprint density at radius 2 is 2.11 bits per heavy atom. The van der Waals surface area contributed by atoms with Gasteiger partial charge in [0.1, 0.15) is 16.7 Å². The van der Waals surface area contributed by atoms with Gasteiger partial charge in [0.05, 0.1) is 7.11 Å². The van der Waals surface area contributed by atoms with Crippen molar-refractivity contribution in [1.82, 2.24) is 0 Å². The van der Waals surface area contributed by atoms with Gasteiger partial charge in [-0.3, -0.25) is 4.79 Å². The summed E-state index contributed by atoms with van der Waals surface area (Å²) in [6.45, 7) is -0.422. The van der Waals surface area contributed by atoms with Crippen LogP contribution in [0.1, 0.15) is 6.42 Å². The summed E-state index contributed by atoms with van der Waals surface area (Å²) in [6, 6.07) is 3.94. The summed E-state index contributed by atoms with van der Waals surface area (Å²) in [5.74, 6) is -1.30. The molecule has 0 spiro atoms. The van der Waals surface area contributed by atoms with Crippen LogP contribution in [0.3, 0.4) is 0 Å². The Labute approximate surface area is 109 Å². The Balaban J connectivity index is 2.41. The van der Waals surface area contributed by atoms with Crippen LogP contribution in [0, 0.1) is 5.82 Å². The number of nitrogens with zero attached hydrogens (tertiary/aromatic N) is 1. The summed E-state index contributed by atoms with van der Waals surface area (Å²) in [7, 11) is -3.54. The molecule has 1 aliphatic heterocycles. The molecule has 1 heterocycles. The van der Waals surface area contributed by atoms with Gasteiger partial charge >= 0.3 is 10.2 Å². The SMILES string of the molecule is COc1cccc(F)c1N1CC(S(=O)(=O)F)CC1=O. The number of anilines is 1. The van der Waals surface area contributed by atoms with Gasteiger partial charge in [-0.05, 0) is 12.1 Å². The van der Waals surface area contributed by atoms with Crippen molar-refractivity contribution in [1.29, 1.82) is 0 Å². The molecule has 0 radical (unpaired) electrons. The van der Waals surface area contributed by atoms with Gasteiger partial charge in [0, 0.05) is 13.0 Å². The molecule has 0 aromatic heterocycles. The number of methoxy groups -OCH3 is 1. The lowest BCUT2D eigenvalue weighted by Gasteiger charge is -2.19. The van der Waals surface area contributed by atoms with E-state index < -0.39 is 40.2 Å². The fraction of sp³-hybridized carbons (Fsp3) is 0.364. The Bertz CT molecular complexity index is 617. The van der Waals surface area contributed by atoms with Crippen molar-refractivity contribution in [2.75, 3.05) is 18.6 Å². The summed E-state index contributed by atoms with van der Waals surface area (Å²) in [5, 5.41) is -1.47. The summed E-state index contributed by atoms with van der Waals surface area (Å²) >= 11 is 0. The second kappa shape index (κ2) is 4.76. The van der Waals surface area contributed by atoms with Crippen LogP contribution in [0.5, 0.6) is 5.75 Å². The molecule has 1 atom stereocenters. The Hall–Kier alpha value is -1.70. The van der Waals surface area contributed by atoms with E-state index in [1.165, 1.54) is 19.2 Å². The number of amides is 1. The van der Waals surface area contributed by atoms with Crippen molar-refractivity contribution >= 4 is 21.8 Å². The minimum Gasteiger partial charge on any atom is -0.494 e. The predicted molar refractivity (Wildman–Crippen MR) is 63.7 cm³/mol. The first-order valence-corrected chi connectivity index (χ1v) is 6.85. The lowest BCUT2D eigenvalue weighted by Crippen LogP contribution is -2.28. The zero-order valence-corrected chi connectivity index (χ0v) is 10.8. The van der Waals surface area contributed by atoms with Crippen LogP contribution in [0.15, 0.2) is 18.2 Å². The molecule has 0 aliphatic carbocycles. The summed E-state index contributed by atoms with van der Waals surface area (Å²) < 4.78 is 53.3. The smallest absolute Gasteiger partial charge is 0.307 e. The van der Waals surface area contributed by atoms with Crippen LogP contribution in [0.4, 0.5) is 14.0 Å². The molecule has 1 unspecified atom stereocenters. The summed E-state index contributed by atoms with van der Waals surface area (Å²) in [6.07, 6.45) is -0.504. The van der Waals surface area contributed by atoms with Crippen molar-refractivity contribution in [3.05, 3.63) is 24.0 Å². The Morgan fingerprint density at radius 1 is 1.42 bits per heavy atom. The second-order valence-electron chi connectivity index (χ2n) is 4.10. The summed E-state index contributed by atoms with van der Waals surface area (Å²) in [4.78, 5) is 12.6. The van der Waals surface area contributed by atoms with Crippen molar-refractivity contribution < 1.29 is 26.2 Å². The molecule has 0 saturated carbocycles. The normalized spacial score (nSPS) is 19.8. The predicted octanol–water partition coefficient (Wildman–Crippen LogP) is 1.24. The Kier molecular flexibility index (Phi) is 3.44. The molecular weight excluding hydrogens is 280 g/mol. The van der Waals surface area contributed by atoms with Crippen LogP contribution >= 0.6 is 0 Å². The van der Waals surface area contributed by atoms with Crippen LogP contribution < -0.4 is 9.64 Å². The molecule has 1 saturated heterocycles. The van der Waals surface area contributed by atoms with Gasteiger partial charge in [-0.25, -0.2) is 4.39 Å². The molecule has 104 valence electrons. The maximum absolute atomic E-state index is 13.8. The minimum absolute atomic E-state index is 0.0882. The van der Waals surface area contributed by atoms with E-state index in [-0.39, 0.29) is 11.4 Å². The molecule has 1 aromatic carbocycles. The first kappa shape index (κ1) is 13.7. The number of carbonyl (C=O) groups excluding carboxylic acids is 1. The average Bonchev–Trinajstić information content (AvgIpc) is 2.70. The third kappa shape index (κ3) is 2.53. The van der Waals surface area contributed by atoms with Crippen LogP contribution in [0.2, 0.25) is 0 Å². The van der Waals surface area contributed by atoms with Crippen LogP contribution in [-0.2, 0) is 15.0 Å². The highest BCUT2D eigenvalue weighted by Gasteiger charge is 2.40. The number of rotatable bonds is 3.